The minimum atomic E-state index is -0.463. The third kappa shape index (κ3) is 1.79. The van der Waals surface area contributed by atoms with E-state index < -0.39 is 11.8 Å². The fourth-order valence-corrected chi connectivity index (χ4v) is 1.38. The Kier molecular flexibility index (Phi) is 3.33. The molecule has 2 amide bonds. The Balaban J connectivity index is 3.16. The maximum absolute atomic E-state index is 11.7. The summed E-state index contributed by atoms with van der Waals surface area (Å²) in [5.41, 5.74) is 0.541. The monoisotopic (exact) mass is 205 g/mol. The number of nitrogens with zero attached hydrogens (tertiary/aromatic N) is 1. The molecule has 1 aliphatic heterocycles. The van der Waals surface area contributed by atoms with Crippen LogP contribution in [0.3, 0.4) is 0 Å². The number of imide groups is 1. The highest BCUT2D eigenvalue weighted by atomic mass is 16.2. The standard InChI is InChI=1S/C11H11NO3/c1-3-5-9-8(4-2)10(14)12(6-7-13)11(9)15/h3-5,7H,2,6H2,1H3/b5-3-. The van der Waals surface area contributed by atoms with Gasteiger partial charge in [-0.3, -0.25) is 14.5 Å². The normalized spacial score (nSPS) is 16.7. The molecule has 0 fully saturated rings. The lowest BCUT2D eigenvalue weighted by atomic mass is 10.1. The molecule has 0 saturated carbocycles. The van der Waals surface area contributed by atoms with E-state index in [9.17, 15) is 14.4 Å². The van der Waals surface area contributed by atoms with Gasteiger partial charge >= 0.3 is 0 Å². The predicted octanol–water partition coefficient (Wildman–Crippen LogP) is 0.613. The molecule has 4 nitrogen and oxygen atoms in total. The van der Waals surface area contributed by atoms with Gasteiger partial charge in [-0.2, -0.15) is 0 Å². The van der Waals surface area contributed by atoms with Crippen LogP contribution in [0.1, 0.15) is 6.92 Å². The van der Waals surface area contributed by atoms with Crippen LogP contribution in [-0.2, 0) is 14.4 Å². The number of amides is 2. The first kappa shape index (κ1) is 11.1. The minimum Gasteiger partial charge on any atom is -0.301 e. The molecular formula is C11H11NO3. The lowest BCUT2D eigenvalue weighted by molar-refractivity contribution is -0.139. The summed E-state index contributed by atoms with van der Waals surface area (Å²) in [6.45, 7) is 5.01. The molecule has 1 heterocycles. The Morgan fingerprint density at radius 1 is 1.27 bits per heavy atom. The van der Waals surface area contributed by atoms with Crippen LogP contribution in [0.25, 0.3) is 0 Å². The molecule has 0 aliphatic carbocycles. The quantitative estimate of drug-likeness (QED) is 0.499. The average molecular weight is 205 g/mol. The Hall–Kier alpha value is -1.97. The highest BCUT2D eigenvalue weighted by Gasteiger charge is 2.34. The van der Waals surface area contributed by atoms with Crippen molar-refractivity contribution in [3.63, 3.8) is 0 Å². The fourth-order valence-electron chi connectivity index (χ4n) is 1.38. The van der Waals surface area contributed by atoms with Crippen molar-refractivity contribution in [1.82, 2.24) is 4.90 Å². The van der Waals surface area contributed by atoms with Gasteiger partial charge in [-0.05, 0) is 6.92 Å². The van der Waals surface area contributed by atoms with E-state index in [0.29, 0.717) is 11.9 Å². The van der Waals surface area contributed by atoms with Crippen LogP contribution in [-0.4, -0.2) is 29.5 Å². The first-order valence-electron chi connectivity index (χ1n) is 4.46. The minimum absolute atomic E-state index is 0.212. The number of aldehydes is 1. The number of carbonyl (C=O) groups excluding carboxylic acids is 3. The van der Waals surface area contributed by atoms with E-state index in [1.54, 1.807) is 19.1 Å². The molecule has 0 radical (unpaired) electrons. The van der Waals surface area contributed by atoms with E-state index in [4.69, 9.17) is 0 Å². The van der Waals surface area contributed by atoms with Gasteiger partial charge in [-0.25, -0.2) is 0 Å². The van der Waals surface area contributed by atoms with E-state index in [2.05, 4.69) is 6.58 Å². The Labute approximate surface area is 87.6 Å². The average Bonchev–Trinajstić information content (AvgIpc) is 2.44. The number of hydrogen-bond donors (Lipinski definition) is 0. The summed E-state index contributed by atoms with van der Waals surface area (Å²) in [6.07, 6.45) is 5.06. The maximum Gasteiger partial charge on any atom is 0.261 e. The second-order valence-electron chi connectivity index (χ2n) is 2.92. The van der Waals surface area contributed by atoms with Crippen LogP contribution < -0.4 is 0 Å². The van der Waals surface area contributed by atoms with Gasteiger partial charge in [0.25, 0.3) is 11.8 Å². The number of rotatable bonds is 4. The third-order valence-electron chi connectivity index (χ3n) is 2.04. The van der Waals surface area contributed by atoms with Gasteiger partial charge < -0.3 is 4.79 Å². The van der Waals surface area contributed by atoms with Crippen LogP contribution in [0.4, 0.5) is 0 Å². The molecule has 1 aliphatic rings. The zero-order chi connectivity index (χ0) is 11.4. The smallest absolute Gasteiger partial charge is 0.261 e. The van der Waals surface area contributed by atoms with Crippen LogP contribution in [0, 0.1) is 0 Å². The Morgan fingerprint density at radius 3 is 2.33 bits per heavy atom. The van der Waals surface area contributed by atoms with Crippen molar-refractivity contribution >= 4 is 18.1 Å². The van der Waals surface area contributed by atoms with Crippen LogP contribution in [0.5, 0.6) is 0 Å². The van der Waals surface area contributed by atoms with Crippen molar-refractivity contribution in [1.29, 1.82) is 0 Å². The van der Waals surface area contributed by atoms with Gasteiger partial charge in [-0.1, -0.05) is 24.8 Å². The van der Waals surface area contributed by atoms with E-state index in [1.807, 2.05) is 0 Å². The summed E-state index contributed by atoms with van der Waals surface area (Å²) >= 11 is 0. The van der Waals surface area contributed by atoms with Crippen LogP contribution >= 0.6 is 0 Å². The highest BCUT2D eigenvalue weighted by molar-refractivity contribution is 6.22. The predicted molar refractivity (Wildman–Crippen MR) is 54.8 cm³/mol. The molecule has 0 aromatic heterocycles. The number of allylic oxidation sites excluding steroid dienone is 1. The molecule has 0 unspecified atom stereocenters. The van der Waals surface area contributed by atoms with Crippen molar-refractivity contribution in [2.75, 3.05) is 6.54 Å². The largest absolute Gasteiger partial charge is 0.301 e. The summed E-state index contributed by atoms with van der Waals surface area (Å²) in [5.74, 6) is -0.907. The summed E-state index contributed by atoms with van der Waals surface area (Å²) in [5, 5.41) is 0. The van der Waals surface area contributed by atoms with Crippen LogP contribution in [0.2, 0.25) is 0 Å². The lowest BCUT2D eigenvalue weighted by Gasteiger charge is -2.09. The highest BCUT2D eigenvalue weighted by Crippen LogP contribution is 2.21. The molecule has 0 aromatic carbocycles. The van der Waals surface area contributed by atoms with Crippen molar-refractivity contribution in [3.8, 4) is 0 Å². The zero-order valence-electron chi connectivity index (χ0n) is 8.40. The number of carbonyl (C=O) groups is 3. The maximum atomic E-state index is 11.7. The fraction of sp³-hybridized carbons (Fsp3) is 0.182. The van der Waals surface area contributed by atoms with Gasteiger partial charge in [0.15, 0.2) is 0 Å². The molecule has 78 valence electrons. The van der Waals surface area contributed by atoms with E-state index in [-0.39, 0.29) is 12.1 Å². The van der Waals surface area contributed by atoms with Gasteiger partial charge in [0.1, 0.15) is 6.29 Å². The molecular weight excluding hydrogens is 194 g/mol. The van der Waals surface area contributed by atoms with Gasteiger partial charge in [0.05, 0.1) is 17.7 Å². The Morgan fingerprint density at radius 2 is 1.87 bits per heavy atom. The van der Waals surface area contributed by atoms with Crippen molar-refractivity contribution in [2.24, 2.45) is 0 Å². The third-order valence-corrected chi connectivity index (χ3v) is 2.04. The SMILES string of the molecule is C=CC1=C(/C=C\C)C(=O)N(CC=O)C1=O. The molecule has 1 rings (SSSR count). The molecule has 0 spiro atoms. The van der Waals surface area contributed by atoms with E-state index in [0.717, 1.165) is 4.90 Å². The first-order chi connectivity index (χ1) is 7.17. The molecule has 0 atom stereocenters. The molecule has 0 aromatic rings. The Bertz CT molecular complexity index is 391. The molecule has 4 heteroatoms. The topological polar surface area (TPSA) is 54.5 Å². The number of hydrogen-bond acceptors (Lipinski definition) is 3. The first-order valence-corrected chi connectivity index (χ1v) is 4.46. The van der Waals surface area contributed by atoms with E-state index in [1.165, 1.54) is 6.08 Å². The lowest BCUT2D eigenvalue weighted by Crippen LogP contribution is -2.33. The summed E-state index contributed by atoms with van der Waals surface area (Å²) in [6, 6.07) is 0. The molecule has 0 saturated heterocycles. The van der Waals surface area contributed by atoms with Crippen LogP contribution in [0.15, 0.2) is 36.0 Å². The second-order valence-corrected chi connectivity index (χ2v) is 2.92. The summed E-state index contributed by atoms with van der Waals surface area (Å²) in [4.78, 5) is 34.5. The van der Waals surface area contributed by atoms with Gasteiger partial charge in [0.2, 0.25) is 0 Å². The van der Waals surface area contributed by atoms with Crippen molar-refractivity contribution in [2.45, 2.75) is 6.92 Å². The second kappa shape index (κ2) is 4.50. The zero-order valence-corrected chi connectivity index (χ0v) is 8.40. The molecule has 0 bridgehead atoms. The van der Waals surface area contributed by atoms with Gasteiger partial charge in [-0.15, -0.1) is 0 Å². The van der Waals surface area contributed by atoms with E-state index >= 15 is 0 Å². The van der Waals surface area contributed by atoms with Crippen molar-refractivity contribution < 1.29 is 14.4 Å². The van der Waals surface area contributed by atoms with Gasteiger partial charge in [0, 0.05) is 0 Å². The van der Waals surface area contributed by atoms with Crippen molar-refractivity contribution in [3.05, 3.63) is 36.0 Å². The summed E-state index contributed by atoms with van der Waals surface area (Å²) < 4.78 is 0. The summed E-state index contributed by atoms with van der Waals surface area (Å²) in [7, 11) is 0. The molecule has 15 heavy (non-hydrogen) atoms. The molecule has 0 N–H and O–H groups in total.